The molecule has 0 aliphatic rings. The van der Waals surface area contributed by atoms with Gasteiger partial charge in [-0.3, -0.25) is 9.48 Å². The van der Waals surface area contributed by atoms with E-state index in [0.29, 0.717) is 12.1 Å². The largest absolute Gasteiger partial charge is 0.352 e. The molecule has 0 fully saturated rings. The maximum absolute atomic E-state index is 11.8. The number of hydrogen-bond donors (Lipinski definition) is 2. The smallest absolute Gasteiger partial charge is 0.251 e. The van der Waals surface area contributed by atoms with Crippen LogP contribution in [0.4, 0.5) is 0 Å². The van der Waals surface area contributed by atoms with E-state index in [1.807, 2.05) is 25.2 Å². The molecule has 0 aliphatic heterocycles. The molecule has 0 saturated carbocycles. The molecule has 0 spiro atoms. The highest BCUT2D eigenvalue weighted by Crippen LogP contribution is 2.08. The van der Waals surface area contributed by atoms with Crippen molar-refractivity contribution in [1.82, 2.24) is 15.1 Å². The highest BCUT2D eigenvalue weighted by Gasteiger charge is 2.05. The third-order valence-electron chi connectivity index (χ3n) is 2.70. The van der Waals surface area contributed by atoms with Gasteiger partial charge >= 0.3 is 0 Å². The highest BCUT2D eigenvalue weighted by atomic mass is 32.1. The predicted octanol–water partition coefficient (Wildman–Crippen LogP) is 1.68. The Hall–Kier alpha value is -1.75. The van der Waals surface area contributed by atoms with Gasteiger partial charge in [0.1, 0.15) is 0 Å². The first-order valence-corrected chi connectivity index (χ1v) is 6.15. The SMILES string of the molecule is Cn1nccc1CCNC(=O)c1cccc(S)c1. The molecule has 0 unspecified atom stereocenters. The monoisotopic (exact) mass is 261 g/mol. The van der Waals surface area contributed by atoms with Crippen molar-refractivity contribution in [2.45, 2.75) is 11.3 Å². The molecule has 0 saturated heterocycles. The van der Waals surface area contributed by atoms with Crippen LogP contribution in [-0.2, 0) is 13.5 Å². The van der Waals surface area contributed by atoms with Crippen LogP contribution in [0.5, 0.6) is 0 Å². The van der Waals surface area contributed by atoms with E-state index in [2.05, 4.69) is 23.0 Å². The van der Waals surface area contributed by atoms with Gasteiger partial charge in [0.2, 0.25) is 0 Å². The van der Waals surface area contributed by atoms with Crippen LogP contribution in [-0.4, -0.2) is 22.2 Å². The fourth-order valence-electron chi connectivity index (χ4n) is 1.70. The van der Waals surface area contributed by atoms with Crippen LogP contribution in [0.3, 0.4) is 0 Å². The molecule has 18 heavy (non-hydrogen) atoms. The molecule has 1 aromatic heterocycles. The summed E-state index contributed by atoms with van der Waals surface area (Å²) in [5.41, 5.74) is 1.73. The minimum Gasteiger partial charge on any atom is -0.352 e. The van der Waals surface area contributed by atoms with Crippen molar-refractivity contribution in [3.8, 4) is 0 Å². The Kier molecular flexibility index (Phi) is 4.04. The van der Waals surface area contributed by atoms with Crippen molar-refractivity contribution in [2.75, 3.05) is 6.54 Å². The molecule has 2 aromatic rings. The van der Waals surface area contributed by atoms with Crippen molar-refractivity contribution in [3.05, 3.63) is 47.8 Å². The summed E-state index contributed by atoms with van der Waals surface area (Å²) in [7, 11) is 1.89. The number of hydrogen-bond acceptors (Lipinski definition) is 3. The maximum Gasteiger partial charge on any atom is 0.251 e. The lowest BCUT2D eigenvalue weighted by Crippen LogP contribution is -2.26. The molecular formula is C13H15N3OS. The number of thiol groups is 1. The summed E-state index contributed by atoms with van der Waals surface area (Å²) in [6.07, 6.45) is 2.52. The van der Waals surface area contributed by atoms with E-state index in [0.717, 1.165) is 17.0 Å². The minimum absolute atomic E-state index is 0.0759. The van der Waals surface area contributed by atoms with Gasteiger partial charge in [0.15, 0.2) is 0 Å². The summed E-state index contributed by atoms with van der Waals surface area (Å²) in [5, 5.41) is 6.96. The molecule has 0 bridgehead atoms. The van der Waals surface area contributed by atoms with Crippen LogP contribution in [0.15, 0.2) is 41.4 Å². The van der Waals surface area contributed by atoms with E-state index < -0.39 is 0 Å². The molecule has 0 radical (unpaired) electrons. The Balaban J connectivity index is 1.87. The van der Waals surface area contributed by atoms with Gasteiger partial charge in [-0.25, -0.2) is 0 Å². The number of benzene rings is 1. The summed E-state index contributed by atoms with van der Waals surface area (Å²) in [4.78, 5) is 12.6. The molecule has 0 atom stereocenters. The summed E-state index contributed by atoms with van der Waals surface area (Å²) >= 11 is 4.21. The molecule has 4 nitrogen and oxygen atoms in total. The Labute approximate surface area is 111 Å². The molecule has 94 valence electrons. The zero-order chi connectivity index (χ0) is 13.0. The van der Waals surface area contributed by atoms with E-state index in [1.54, 1.807) is 23.0 Å². The van der Waals surface area contributed by atoms with Crippen molar-refractivity contribution in [2.24, 2.45) is 7.05 Å². The van der Waals surface area contributed by atoms with E-state index in [4.69, 9.17) is 0 Å². The lowest BCUT2D eigenvalue weighted by Gasteiger charge is -2.06. The summed E-state index contributed by atoms with van der Waals surface area (Å²) in [5.74, 6) is -0.0759. The van der Waals surface area contributed by atoms with E-state index in [1.165, 1.54) is 0 Å². The number of aryl methyl sites for hydroxylation is 1. The second-order valence-electron chi connectivity index (χ2n) is 4.00. The number of carbonyl (C=O) groups is 1. The number of nitrogens with one attached hydrogen (secondary N) is 1. The topological polar surface area (TPSA) is 46.9 Å². The van der Waals surface area contributed by atoms with Crippen LogP contribution in [0.2, 0.25) is 0 Å². The molecule has 1 aromatic carbocycles. The van der Waals surface area contributed by atoms with E-state index in [9.17, 15) is 4.79 Å². The molecule has 1 heterocycles. The van der Waals surface area contributed by atoms with Gasteiger partial charge in [0.05, 0.1) is 0 Å². The Morgan fingerprint density at radius 3 is 2.94 bits per heavy atom. The molecule has 5 heteroatoms. The van der Waals surface area contributed by atoms with Gasteiger partial charge in [-0.2, -0.15) is 5.10 Å². The van der Waals surface area contributed by atoms with Crippen molar-refractivity contribution in [3.63, 3.8) is 0 Å². The average molecular weight is 261 g/mol. The highest BCUT2D eigenvalue weighted by molar-refractivity contribution is 7.80. The van der Waals surface area contributed by atoms with Crippen molar-refractivity contribution in [1.29, 1.82) is 0 Å². The first-order valence-electron chi connectivity index (χ1n) is 5.71. The minimum atomic E-state index is -0.0759. The van der Waals surface area contributed by atoms with E-state index in [-0.39, 0.29) is 5.91 Å². The number of aromatic nitrogens is 2. The van der Waals surface area contributed by atoms with Gasteiger partial charge in [0.25, 0.3) is 5.91 Å². The van der Waals surface area contributed by atoms with Gasteiger partial charge in [-0.15, -0.1) is 12.6 Å². The van der Waals surface area contributed by atoms with Gasteiger partial charge in [0, 0.05) is 42.4 Å². The van der Waals surface area contributed by atoms with Gasteiger partial charge in [-0.1, -0.05) is 6.07 Å². The first kappa shape index (κ1) is 12.7. The van der Waals surface area contributed by atoms with E-state index >= 15 is 0 Å². The standard InChI is InChI=1S/C13H15N3OS/c1-16-11(6-8-15-16)5-7-14-13(17)10-3-2-4-12(18)9-10/h2-4,6,8-9,18H,5,7H2,1H3,(H,14,17). The second kappa shape index (κ2) is 5.73. The number of rotatable bonds is 4. The zero-order valence-corrected chi connectivity index (χ0v) is 11.0. The second-order valence-corrected chi connectivity index (χ2v) is 4.52. The first-order chi connectivity index (χ1) is 8.66. The molecule has 0 aliphatic carbocycles. The van der Waals surface area contributed by atoms with Crippen LogP contribution in [0, 0.1) is 0 Å². The summed E-state index contributed by atoms with van der Waals surface area (Å²) < 4.78 is 1.81. The maximum atomic E-state index is 11.8. The summed E-state index contributed by atoms with van der Waals surface area (Å²) in [6.45, 7) is 0.592. The predicted molar refractivity (Wildman–Crippen MR) is 72.9 cm³/mol. The van der Waals surface area contributed by atoms with Crippen molar-refractivity contribution >= 4 is 18.5 Å². The fraction of sp³-hybridized carbons (Fsp3) is 0.231. The third kappa shape index (κ3) is 3.13. The van der Waals surface area contributed by atoms with Crippen LogP contribution >= 0.6 is 12.6 Å². The number of carbonyl (C=O) groups excluding carboxylic acids is 1. The number of amides is 1. The normalized spacial score (nSPS) is 10.3. The summed E-state index contributed by atoms with van der Waals surface area (Å²) in [6, 6.07) is 9.13. The van der Waals surface area contributed by atoms with Crippen LogP contribution in [0.1, 0.15) is 16.1 Å². The van der Waals surface area contributed by atoms with Crippen molar-refractivity contribution < 1.29 is 4.79 Å². The van der Waals surface area contributed by atoms with Crippen LogP contribution < -0.4 is 5.32 Å². The zero-order valence-electron chi connectivity index (χ0n) is 10.1. The Bertz CT molecular complexity index is 551. The lowest BCUT2D eigenvalue weighted by molar-refractivity contribution is 0.0953. The molecule has 1 N–H and O–H groups in total. The lowest BCUT2D eigenvalue weighted by atomic mass is 10.2. The molecular weight excluding hydrogens is 246 g/mol. The van der Waals surface area contributed by atoms with Gasteiger partial charge in [-0.05, 0) is 24.3 Å². The molecule has 1 amide bonds. The Morgan fingerprint density at radius 2 is 2.28 bits per heavy atom. The number of nitrogens with zero attached hydrogens (tertiary/aromatic N) is 2. The average Bonchev–Trinajstić information content (AvgIpc) is 2.75. The van der Waals surface area contributed by atoms with Crippen LogP contribution in [0.25, 0.3) is 0 Å². The Morgan fingerprint density at radius 1 is 1.44 bits per heavy atom. The third-order valence-corrected chi connectivity index (χ3v) is 2.98. The van der Waals surface area contributed by atoms with Gasteiger partial charge < -0.3 is 5.32 Å². The fourth-order valence-corrected chi connectivity index (χ4v) is 1.93. The quantitative estimate of drug-likeness (QED) is 0.823. The molecule has 2 rings (SSSR count).